The second kappa shape index (κ2) is 5.53. The highest BCUT2D eigenvalue weighted by molar-refractivity contribution is 6.34. The number of fused-ring (bicyclic) bond motifs is 1. The molecule has 1 aliphatic rings. The highest BCUT2D eigenvalue weighted by atomic mass is 35.5. The number of halogens is 1. The van der Waals surface area contributed by atoms with Crippen LogP contribution in [-0.4, -0.2) is 5.91 Å². The minimum absolute atomic E-state index is 0.0986. The van der Waals surface area contributed by atoms with Crippen molar-refractivity contribution in [2.75, 3.05) is 5.32 Å². The van der Waals surface area contributed by atoms with E-state index in [0.717, 1.165) is 24.0 Å². The molecule has 0 heterocycles. The van der Waals surface area contributed by atoms with E-state index in [1.165, 1.54) is 17.5 Å². The van der Waals surface area contributed by atoms with Gasteiger partial charge in [-0.1, -0.05) is 23.7 Å². The largest absolute Gasteiger partial charge is 0.320 e. The van der Waals surface area contributed by atoms with Crippen molar-refractivity contribution in [1.29, 1.82) is 0 Å². The van der Waals surface area contributed by atoms with Crippen LogP contribution < -0.4 is 5.32 Å². The monoisotopic (exact) mass is 299 g/mol. The van der Waals surface area contributed by atoms with Gasteiger partial charge in [0.15, 0.2) is 0 Å². The number of anilines is 1. The minimum atomic E-state index is -0.0986. The summed E-state index contributed by atoms with van der Waals surface area (Å²) in [5.74, 6) is -0.0986. The van der Waals surface area contributed by atoms with Gasteiger partial charge in [0, 0.05) is 5.56 Å². The van der Waals surface area contributed by atoms with Gasteiger partial charge in [-0.15, -0.1) is 0 Å². The Bertz CT molecular complexity index is 698. The molecular weight excluding hydrogens is 282 g/mol. The van der Waals surface area contributed by atoms with Gasteiger partial charge in [0.1, 0.15) is 0 Å². The van der Waals surface area contributed by atoms with Gasteiger partial charge in [-0.3, -0.25) is 4.79 Å². The quantitative estimate of drug-likeness (QED) is 0.856. The van der Waals surface area contributed by atoms with Crippen LogP contribution in [0.5, 0.6) is 0 Å². The van der Waals surface area contributed by atoms with Crippen molar-refractivity contribution in [2.24, 2.45) is 0 Å². The molecule has 0 aromatic heterocycles. The summed E-state index contributed by atoms with van der Waals surface area (Å²) in [5, 5.41) is 3.53. The lowest BCUT2D eigenvalue weighted by atomic mass is 10.1. The maximum absolute atomic E-state index is 12.4. The third kappa shape index (κ3) is 2.81. The summed E-state index contributed by atoms with van der Waals surface area (Å²) < 4.78 is 0. The average Bonchev–Trinajstić information content (AvgIpc) is 2.89. The maximum atomic E-state index is 12.4. The van der Waals surface area contributed by atoms with Crippen LogP contribution in [0.25, 0.3) is 0 Å². The molecule has 2 aromatic rings. The zero-order valence-corrected chi connectivity index (χ0v) is 13.1. The highest BCUT2D eigenvalue weighted by Crippen LogP contribution is 2.28. The molecule has 1 aliphatic carbocycles. The molecule has 2 nitrogen and oxygen atoms in total. The number of rotatable bonds is 2. The number of benzene rings is 2. The number of hydrogen-bond donors (Lipinski definition) is 1. The summed E-state index contributed by atoms with van der Waals surface area (Å²) in [6.45, 7) is 3.95. The van der Waals surface area contributed by atoms with E-state index in [9.17, 15) is 4.79 Å². The van der Waals surface area contributed by atoms with E-state index in [2.05, 4.69) is 11.4 Å². The standard InChI is InChI=1S/C18H18ClNO/c1-11-8-12(2)17(16(19)9-11)20-18(21)15-7-6-13-4-3-5-14(13)10-15/h6-10H,3-5H2,1-2H3,(H,20,21). The number of carbonyl (C=O) groups is 1. The number of amides is 1. The van der Waals surface area contributed by atoms with Crippen molar-refractivity contribution < 1.29 is 4.79 Å². The lowest BCUT2D eigenvalue weighted by molar-refractivity contribution is 0.102. The molecule has 0 spiro atoms. The Labute approximate surface area is 130 Å². The van der Waals surface area contributed by atoms with Crippen LogP contribution >= 0.6 is 11.6 Å². The predicted octanol–water partition coefficient (Wildman–Crippen LogP) is 4.70. The summed E-state index contributed by atoms with van der Waals surface area (Å²) in [5.41, 5.74) is 6.15. The van der Waals surface area contributed by atoms with Crippen LogP contribution in [-0.2, 0) is 12.8 Å². The third-order valence-electron chi connectivity index (χ3n) is 4.03. The van der Waals surface area contributed by atoms with Crippen molar-refractivity contribution in [2.45, 2.75) is 33.1 Å². The fraction of sp³-hybridized carbons (Fsp3) is 0.278. The summed E-state index contributed by atoms with van der Waals surface area (Å²) in [7, 11) is 0. The second-order valence-corrected chi connectivity index (χ2v) is 6.14. The van der Waals surface area contributed by atoms with E-state index >= 15 is 0 Å². The minimum Gasteiger partial charge on any atom is -0.320 e. The molecule has 0 bridgehead atoms. The molecule has 0 saturated carbocycles. The van der Waals surface area contributed by atoms with Gasteiger partial charge in [-0.25, -0.2) is 0 Å². The van der Waals surface area contributed by atoms with Crippen molar-refractivity contribution in [3.8, 4) is 0 Å². The first-order chi connectivity index (χ1) is 10.0. The molecule has 21 heavy (non-hydrogen) atoms. The smallest absolute Gasteiger partial charge is 0.255 e. The van der Waals surface area contributed by atoms with Crippen LogP contribution in [0.15, 0.2) is 30.3 Å². The lowest BCUT2D eigenvalue weighted by Gasteiger charge is -2.12. The number of hydrogen-bond acceptors (Lipinski definition) is 1. The Kier molecular flexibility index (Phi) is 3.73. The number of aryl methyl sites for hydroxylation is 4. The summed E-state index contributed by atoms with van der Waals surface area (Å²) >= 11 is 6.25. The third-order valence-corrected chi connectivity index (χ3v) is 4.33. The van der Waals surface area contributed by atoms with Gasteiger partial charge in [-0.05, 0) is 73.6 Å². The molecule has 0 atom stereocenters. The van der Waals surface area contributed by atoms with Gasteiger partial charge < -0.3 is 5.32 Å². The predicted molar refractivity (Wildman–Crippen MR) is 87.3 cm³/mol. The Morgan fingerprint density at radius 3 is 2.62 bits per heavy atom. The molecule has 0 fully saturated rings. The van der Waals surface area contributed by atoms with Crippen LogP contribution in [0.4, 0.5) is 5.69 Å². The molecule has 0 saturated heterocycles. The fourth-order valence-electron chi connectivity index (χ4n) is 2.97. The topological polar surface area (TPSA) is 29.1 Å². The van der Waals surface area contributed by atoms with Gasteiger partial charge in [-0.2, -0.15) is 0 Å². The highest BCUT2D eigenvalue weighted by Gasteiger charge is 2.15. The Balaban J connectivity index is 1.87. The zero-order chi connectivity index (χ0) is 15.0. The van der Waals surface area contributed by atoms with Crippen LogP contribution in [0, 0.1) is 13.8 Å². The Morgan fingerprint density at radius 1 is 1.10 bits per heavy atom. The van der Waals surface area contributed by atoms with Crippen molar-refractivity contribution in [3.63, 3.8) is 0 Å². The molecule has 2 aromatic carbocycles. The summed E-state index contributed by atoms with van der Waals surface area (Å²) in [6, 6.07) is 9.86. The first kappa shape index (κ1) is 14.2. The van der Waals surface area contributed by atoms with E-state index in [-0.39, 0.29) is 5.91 Å². The van der Waals surface area contributed by atoms with Crippen LogP contribution in [0.1, 0.15) is 39.0 Å². The van der Waals surface area contributed by atoms with E-state index < -0.39 is 0 Å². The van der Waals surface area contributed by atoms with E-state index in [1.54, 1.807) is 0 Å². The lowest BCUT2D eigenvalue weighted by Crippen LogP contribution is -2.13. The summed E-state index contributed by atoms with van der Waals surface area (Å²) in [4.78, 5) is 12.4. The molecule has 3 rings (SSSR count). The molecule has 0 radical (unpaired) electrons. The van der Waals surface area contributed by atoms with Crippen molar-refractivity contribution >= 4 is 23.2 Å². The van der Waals surface area contributed by atoms with Crippen molar-refractivity contribution in [3.05, 3.63) is 63.2 Å². The molecule has 0 aliphatic heterocycles. The van der Waals surface area contributed by atoms with Gasteiger partial charge in [0.25, 0.3) is 5.91 Å². The molecule has 3 heteroatoms. The zero-order valence-electron chi connectivity index (χ0n) is 12.3. The SMILES string of the molecule is Cc1cc(C)c(NC(=O)c2ccc3c(c2)CCC3)c(Cl)c1. The fourth-order valence-corrected chi connectivity index (χ4v) is 3.34. The maximum Gasteiger partial charge on any atom is 0.255 e. The van der Waals surface area contributed by atoms with Gasteiger partial charge >= 0.3 is 0 Å². The van der Waals surface area contributed by atoms with Crippen molar-refractivity contribution in [1.82, 2.24) is 0 Å². The van der Waals surface area contributed by atoms with Crippen LogP contribution in [0.3, 0.4) is 0 Å². The van der Waals surface area contributed by atoms with Gasteiger partial charge in [0.2, 0.25) is 0 Å². The first-order valence-corrected chi connectivity index (χ1v) is 7.62. The molecular formula is C18H18ClNO. The Morgan fingerprint density at radius 2 is 1.86 bits per heavy atom. The Hall–Kier alpha value is -1.80. The van der Waals surface area contributed by atoms with E-state index in [1.807, 2.05) is 38.1 Å². The molecule has 0 unspecified atom stereocenters. The molecule has 108 valence electrons. The normalized spacial score (nSPS) is 13.1. The molecule has 1 N–H and O–H groups in total. The van der Waals surface area contributed by atoms with E-state index in [0.29, 0.717) is 16.3 Å². The van der Waals surface area contributed by atoms with Crippen LogP contribution in [0.2, 0.25) is 5.02 Å². The first-order valence-electron chi connectivity index (χ1n) is 7.24. The number of nitrogens with one attached hydrogen (secondary N) is 1. The summed E-state index contributed by atoms with van der Waals surface area (Å²) in [6.07, 6.45) is 3.38. The van der Waals surface area contributed by atoms with E-state index in [4.69, 9.17) is 11.6 Å². The number of carbonyl (C=O) groups excluding carboxylic acids is 1. The van der Waals surface area contributed by atoms with Gasteiger partial charge in [0.05, 0.1) is 10.7 Å². The molecule has 1 amide bonds. The second-order valence-electron chi connectivity index (χ2n) is 5.73. The average molecular weight is 300 g/mol.